The number of methoxy groups -OCH3 is 1. The summed E-state index contributed by atoms with van der Waals surface area (Å²) in [6.45, 7) is 9.72. The molecule has 2 unspecified atom stereocenters. The molecule has 4 rings (SSSR count). The zero-order chi connectivity index (χ0) is 20.3. The molecule has 4 heteroatoms. The molecule has 150 valence electrons. The van der Waals surface area contributed by atoms with Crippen molar-refractivity contribution in [3.05, 3.63) is 47.5 Å². The van der Waals surface area contributed by atoms with Crippen LogP contribution < -0.4 is 0 Å². The topological polar surface area (TPSA) is 49.8 Å². The third-order valence-corrected chi connectivity index (χ3v) is 6.05. The van der Waals surface area contributed by atoms with E-state index in [0.29, 0.717) is 12.3 Å². The van der Waals surface area contributed by atoms with E-state index in [4.69, 9.17) is 4.74 Å². The van der Waals surface area contributed by atoms with Gasteiger partial charge in [0, 0.05) is 5.56 Å². The van der Waals surface area contributed by atoms with E-state index in [1.54, 1.807) is 0 Å². The van der Waals surface area contributed by atoms with E-state index in [1.807, 2.05) is 32.1 Å². The van der Waals surface area contributed by atoms with Crippen LogP contribution in [0, 0.1) is 23.2 Å². The van der Waals surface area contributed by atoms with Crippen LogP contribution in [-0.4, -0.2) is 48.3 Å². The van der Waals surface area contributed by atoms with E-state index in [9.17, 15) is 9.90 Å². The fraction of sp³-hybridized carbons (Fsp3) is 0.542. The molecule has 0 amide bonds. The van der Waals surface area contributed by atoms with Crippen molar-refractivity contribution in [2.24, 2.45) is 11.3 Å². The predicted octanol–water partition coefficient (Wildman–Crippen LogP) is 2.96. The van der Waals surface area contributed by atoms with E-state index < -0.39 is 5.41 Å². The number of aliphatic hydroxyl groups is 1. The molecule has 0 saturated carbocycles. The molecular weight excluding hydrogens is 350 g/mol. The van der Waals surface area contributed by atoms with Crippen LogP contribution >= 0.6 is 0 Å². The third kappa shape index (κ3) is 4.32. The summed E-state index contributed by atoms with van der Waals surface area (Å²) >= 11 is 0. The molecule has 3 heterocycles. The Morgan fingerprint density at radius 2 is 2.11 bits per heavy atom. The Bertz CT molecular complexity index is 792. The Morgan fingerprint density at radius 3 is 2.71 bits per heavy atom. The highest BCUT2D eigenvalue weighted by molar-refractivity contribution is 5.76. The summed E-state index contributed by atoms with van der Waals surface area (Å²) in [5.74, 6) is 6.82. The maximum atomic E-state index is 12.0. The zero-order valence-corrected chi connectivity index (χ0v) is 17.2. The Hall–Kier alpha value is -2.09. The van der Waals surface area contributed by atoms with Gasteiger partial charge in [-0.1, -0.05) is 30.0 Å². The first-order chi connectivity index (χ1) is 13.4. The Kier molecular flexibility index (Phi) is 6.27. The summed E-state index contributed by atoms with van der Waals surface area (Å²) in [7, 11) is 1.42. The van der Waals surface area contributed by atoms with Crippen LogP contribution in [0.5, 0.6) is 0 Å². The Morgan fingerprint density at radius 1 is 1.39 bits per heavy atom. The minimum atomic E-state index is -0.577. The molecule has 3 fully saturated rings. The first-order valence-electron chi connectivity index (χ1n) is 10.1. The number of hydrogen-bond acceptors (Lipinski definition) is 4. The molecule has 3 aliphatic rings. The SMILES string of the molecule is C=CCc1cc(CC(C)(C)C(=O)OC)ccc1C#CC1C(O)C2CCN1CC2. The molecule has 0 radical (unpaired) electrons. The molecule has 3 saturated heterocycles. The Labute approximate surface area is 168 Å². The molecule has 1 N–H and O–H groups in total. The average molecular weight is 382 g/mol. The third-order valence-electron chi connectivity index (χ3n) is 6.05. The highest BCUT2D eigenvalue weighted by atomic mass is 16.5. The van der Waals surface area contributed by atoms with Gasteiger partial charge in [0.25, 0.3) is 0 Å². The molecule has 2 atom stereocenters. The van der Waals surface area contributed by atoms with Gasteiger partial charge in [0.2, 0.25) is 0 Å². The van der Waals surface area contributed by atoms with Crippen molar-refractivity contribution in [3.63, 3.8) is 0 Å². The van der Waals surface area contributed by atoms with Crippen LogP contribution in [0.1, 0.15) is 43.4 Å². The smallest absolute Gasteiger partial charge is 0.311 e. The maximum absolute atomic E-state index is 12.0. The minimum absolute atomic E-state index is 0.0676. The molecule has 0 aromatic heterocycles. The van der Waals surface area contributed by atoms with Crippen LogP contribution in [0.15, 0.2) is 30.9 Å². The number of rotatable bonds is 5. The molecule has 3 aliphatic heterocycles. The van der Waals surface area contributed by atoms with Crippen LogP contribution in [-0.2, 0) is 22.4 Å². The molecule has 4 nitrogen and oxygen atoms in total. The van der Waals surface area contributed by atoms with Crippen molar-refractivity contribution in [2.75, 3.05) is 20.2 Å². The zero-order valence-electron chi connectivity index (χ0n) is 17.2. The van der Waals surface area contributed by atoms with E-state index >= 15 is 0 Å². The number of carbonyl (C=O) groups is 1. The number of allylic oxidation sites excluding steroid dienone is 1. The van der Waals surface area contributed by atoms with Gasteiger partial charge in [0.1, 0.15) is 0 Å². The monoisotopic (exact) mass is 381 g/mol. The lowest BCUT2D eigenvalue weighted by atomic mass is 9.81. The van der Waals surface area contributed by atoms with Crippen molar-refractivity contribution < 1.29 is 14.6 Å². The van der Waals surface area contributed by atoms with Gasteiger partial charge < -0.3 is 9.84 Å². The van der Waals surface area contributed by atoms with Crippen molar-refractivity contribution >= 4 is 5.97 Å². The van der Waals surface area contributed by atoms with E-state index in [1.165, 1.54) is 7.11 Å². The molecular formula is C24H31NO3. The van der Waals surface area contributed by atoms with Crippen molar-refractivity contribution in [1.82, 2.24) is 4.90 Å². The first-order valence-corrected chi connectivity index (χ1v) is 10.1. The number of hydrogen-bond donors (Lipinski definition) is 1. The van der Waals surface area contributed by atoms with E-state index in [0.717, 1.165) is 49.0 Å². The number of esters is 1. The summed E-state index contributed by atoms with van der Waals surface area (Å²) in [5, 5.41) is 10.6. The molecule has 0 spiro atoms. The summed E-state index contributed by atoms with van der Waals surface area (Å²) in [4.78, 5) is 14.3. The van der Waals surface area contributed by atoms with Gasteiger partial charge >= 0.3 is 5.97 Å². The summed E-state index contributed by atoms with van der Waals surface area (Å²) in [6, 6.07) is 6.10. The van der Waals surface area contributed by atoms with Crippen molar-refractivity contribution in [2.45, 2.75) is 51.7 Å². The van der Waals surface area contributed by atoms with Gasteiger partial charge in [-0.3, -0.25) is 9.69 Å². The molecule has 1 aromatic carbocycles. The number of nitrogens with zero attached hydrogens (tertiary/aromatic N) is 1. The van der Waals surface area contributed by atoms with Crippen LogP contribution in [0.25, 0.3) is 0 Å². The fourth-order valence-electron chi connectivity index (χ4n) is 4.40. The quantitative estimate of drug-likeness (QED) is 0.484. The minimum Gasteiger partial charge on any atom is -0.469 e. The van der Waals surface area contributed by atoms with Gasteiger partial charge in [-0.25, -0.2) is 0 Å². The second kappa shape index (κ2) is 8.51. The van der Waals surface area contributed by atoms with Gasteiger partial charge in [-0.05, 0) is 75.7 Å². The highest BCUT2D eigenvalue weighted by Gasteiger charge is 2.40. The first kappa shape index (κ1) is 20.6. The summed E-state index contributed by atoms with van der Waals surface area (Å²) in [6.07, 6.45) is 5.00. The number of carbonyl (C=O) groups excluding carboxylic acids is 1. The maximum Gasteiger partial charge on any atom is 0.311 e. The summed E-state index contributed by atoms with van der Waals surface area (Å²) in [5.41, 5.74) is 2.57. The van der Waals surface area contributed by atoms with Gasteiger partial charge in [0.05, 0.1) is 24.7 Å². The van der Waals surface area contributed by atoms with Crippen LogP contribution in [0.2, 0.25) is 0 Å². The average Bonchev–Trinajstić information content (AvgIpc) is 2.68. The second-order valence-electron chi connectivity index (χ2n) is 8.61. The van der Waals surface area contributed by atoms with E-state index in [-0.39, 0.29) is 18.1 Å². The molecule has 2 bridgehead atoms. The number of piperidine rings is 3. The normalized spacial score (nSPS) is 26.3. The van der Waals surface area contributed by atoms with Crippen molar-refractivity contribution in [3.8, 4) is 11.8 Å². The van der Waals surface area contributed by atoms with Crippen molar-refractivity contribution in [1.29, 1.82) is 0 Å². The summed E-state index contributed by atoms with van der Waals surface area (Å²) < 4.78 is 4.92. The van der Waals surface area contributed by atoms with Gasteiger partial charge in [-0.2, -0.15) is 0 Å². The number of ether oxygens (including phenoxy) is 1. The van der Waals surface area contributed by atoms with Gasteiger partial charge in [-0.15, -0.1) is 6.58 Å². The molecule has 28 heavy (non-hydrogen) atoms. The largest absolute Gasteiger partial charge is 0.469 e. The fourth-order valence-corrected chi connectivity index (χ4v) is 4.40. The van der Waals surface area contributed by atoms with Crippen LogP contribution in [0.3, 0.4) is 0 Å². The Balaban J connectivity index is 1.83. The lowest BCUT2D eigenvalue weighted by Gasteiger charge is -2.46. The number of aliphatic hydroxyl groups excluding tert-OH is 1. The number of fused-ring (bicyclic) bond motifs is 3. The molecule has 0 aliphatic carbocycles. The van der Waals surface area contributed by atoms with E-state index in [2.05, 4.69) is 29.4 Å². The number of benzene rings is 1. The predicted molar refractivity (Wildman–Crippen MR) is 111 cm³/mol. The van der Waals surface area contributed by atoms with Crippen LogP contribution in [0.4, 0.5) is 0 Å². The standard InChI is InChI=1S/C24H31NO3/c1-5-6-20-15-17(16-24(2,3)23(27)28-4)7-8-18(20)9-10-21-22(26)19-11-13-25(21)14-12-19/h5,7-8,15,19,21-22,26H,1,6,11-14,16H2,2-4H3. The lowest BCUT2D eigenvalue weighted by molar-refractivity contribution is -0.150. The molecule has 1 aromatic rings. The highest BCUT2D eigenvalue weighted by Crippen LogP contribution is 2.32. The van der Waals surface area contributed by atoms with Gasteiger partial charge in [0.15, 0.2) is 0 Å². The lowest BCUT2D eigenvalue weighted by Crippen LogP contribution is -2.57. The second-order valence-corrected chi connectivity index (χ2v) is 8.61.